The Hall–Kier alpha value is -1.53. The molecule has 1 atom stereocenters. The Morgan fingerprint density at radius 1 is 1.35 bits per heavy atom. The number of rotatable bonds is 5. The number of fused-ring (bicyclic) bond motifs is 1. The molecule has 0 N–H and O–H groups in total. The Kier molecular flexibility index (Phi) is 4.67. The van der Waals surface area contributed by atoms with Gasteiger partial charge < -0.3 is 4.57 Å². The van der Waals surface area contributed by atoms with Gasteiger partial charge in [-0.2, -0.15) is 5.26 Å². The van der Waals surface area contributed by atoms with Crippen LogP contribution in [0.15, 0.2) is 18.2 Å². The summed E-state index contributed by atoms with van der Waals surface area (Å²) in [5.74, 6) is 1.50. The second-order valence-corrected chi connectivity index (χ2v) is 5.85. The molecule has 0 spiro atoms. The van der Waals surface area contributed by atoms with Gasteiger partial charge in [0.2, 0.25) is 0 Å². The molecule has 2 rings (SSSR count). The van der Waals surface area contributed by atoms with Crippen LogP contribution in [0.25, 0.3) is 11.0 Å². The molecule has 0 amide bonds. The van der Waals surface area contributed by atoms with E-state index in [2.05, 4.69) is 29.5 Å². The molecule has 0 aliphatic heterocycles. The molecule has 2 aromatic rings. The van der Waals surface area contributed by atoms with E-state index < -0.39 is 0 Å². The smallest absolute Gasteiger partial charge is 0.127 e. The van der Waals surface area contributed by atoms with Crippen LogP contribution < -0.4 is 0 Å². The third-order valence-electron chi connectivity index (χ3n) is 3.86. The van der Waals surface area contributed by atoms with Crippen LogP contribution in [0.1, 0.15) is 50.4 Å². The zero-order chi connectivity index (χ0) is 14.7. The summed E-state index contributed by atoms with van der Waals surface area (Å²) < 4.78 is 2.19. The van der Waals surface area contributed by atoms with Gasteiger partial charge in [0.05, 0.1) is 28.0 Å². The quantitative estimate of drug-likeness (QED) is 0.752. The van der Waals surface area contributed by atoms with Gasteiger partial charge in [-0.05, 0) is 31.0 Å². The number of aromatic nitrogens is 2. The van der Waals surface area contributed by atoms with Crippen molar-refractivity contribution in [2.45, 2.75) is 45.5 Å². The molecule has 0 fully saturated rings. The Bertz CT molecular complexity index is 633. The Morgan fingerprint density at radius 3 is 2.60 bits per heavy atom. The predicted molar refractivity (Wildman–Crippen MR) is 82.8 cm³/mol. The zero-order valence-corrected chi connectivity index (χ0v) is 13.0. The fourth-order valence-electron chi connectivity index (χ4n) is 2.51. The lowest BCUT2D eigenvalue weighted by Crippen LogP contribution is -2.12. The third kappa shape index (κ3) is 2.81. The van der Waals surface area contributed by atoms with Crippen molar-refractivity contribution in [1.82, 2.24) is 9.55 Å². The molecule has 3 nitrogen and oxygen atoms in total. The number of imidazole rings is 1. The van der Waals surface area contributed by atoms with Crippen molar-refractivity contribution in [2.24, 2.45) is 5.92 Å². The van der Waals surface area contributed by atoms with Crippen LogP contribution in [0, 0.1) is 17.2 Å². The van der Waals surface area contributed by atoms with Crippen LogP contribution >= 0.6 is 11.6 Å². The molecular formula is C16H20ClN3. The maximum absolute atomic E-state index is 9.07. The van der Waals surface area contributed by atoms with Crippen LogP contribution in [-0.2, 0) is 6.54 Å². The highest BCUT2D eigenvalue weighted by Crippen LogP contribution is 2.27. The monoisotopic (exact) mass is 289 g/mol. The minimum Gasteiger partial charge on any atom is -0.326 e. The van der Waals surface area contributed by atoms with Gasteiger partial charge in [-0.25, -0.2) is 4.98 Å². The summed E-state index contributed by atoms with van der Waals surface area (Å²) in [6.45, 7) is 7.26. The molecule has 1 aromatic heterocycles. The van der Waals surface area contributed by atoms with Gasteiger partial charge in [0.15, 0.2) is 0 Å². The number of alkyl halides is 1. The lowest BCUT2D eigenvalue weighted by Gasteiger charge is -2.17. The largest absolute Gasteiger partial charge is 0.326 e. The molecule has 0 saturated carbocycles. The van der Waals surface area contributed by atoms with E-state index in [9.17, 15) is 0 Å². The highest BCUT2D eigenvalue weighted by atomic mass is 35.5. The van der Waals surface area contributed by atoms with E-state index in [0.717, 1.165) is 36.2 Å². The molecule has 0 aliphatic rings. The average molecular weight is 290 g/mol. The molecule has 0 saturated heterocycles. The summed E-state index contributed by atoms with van der Waals surface area (Å²) in [5.41, 5.74) is 2.59. The first-order chi connectivity index (χ1) is 9.60. The van der Waals surface area contributed by atoms with E-state index in [0.29, 0.717) is 11.5 Å². The van der Waals surface area contributed by atoms with E-state index in [1.807, 2.05) is 19.1 Å². The first-order valence-corrected chi connectivity index (χ1v) is 7.58. The second-order valence-electron chi connectivity index (χ2n) is 5.19. The van der Waals surface area contributed by atoms with Gasteiger partial charge in [0.1, 0.15) is 5.82 Å². The van der Waals surface area contributed by atoms with Gasteiger partial charge in [-0.15, -0.1) is 11.6 Å². The van der Waals surface area contributed by atoms with Crippen molar-refractivity contribution in [3.05, 3.63) is 29.6 Å². The summed E-state index contributed by atoms with van der Waals surface area (Å²) in [6, 6.07) is 7.81. The second kappa shape index (κ2) is 6.28. The van der Waals surface area contributed by atoms with Gasteiger partial charge in [0, 0.05) is 6.54 Å². The number of hydrogen-bond donors (Lipinski definition) is 0. The first kappa shape index (κ1) is 14.9. The van der Waals surface area contributed by atoms with E-state index >= 15 is 0 Å². The summed E-state index contributed by atoms with van der Waals surface area (Å²) >= 11 is 6.27. The summed E-state index contributed by atoms with van der Waals surface area (Å²) in [6.07, 6.45) is 2.26. The number of hydrogen-bond acceptors (Lipinski definition) is 2. The van der Waals surface area contributed by atoms with Crippen molar-refractivity contribution in [1.29, 1.82) is 5.26 Å². The molecule has 4 heteroatoms. The minimum atomic E-state index is -0.137. The topological polar surface area (TPSA) is 41.6 Å². The maximum Gasteiger partial charge on any atom is 0.127 e. The fourth-order valence-corrected chi connectivity index (χ4v) is 2.68. The molecule has 0 bridgehead atoms. The van der Waals surface area contributed by atoms with Crippen molar-refractivity contribution < 1.29 is 0 Å². The third-order valence-corrected chi connectivity index (χ3v) is 4.05. The Balaban J connectivity index is 2.57. The number of halogens is 1. The zero-order valence-electron chi connectivity index (χ0n) is 12.2. The lowest BCUT2D eigenvalue weighted by molar-refractivity contribution is 0.417. The number of benzene rings is 1. The highest BCUT2D eigenvalue weighted by Gasteiger charge is 2.17. The van der Waals surface area contributed by atoms with Crippen LogP contribution in [0.4, 0.5) is 0 Å². The Morgan fingerprint density at radius 2 is 2.05 bits per heavy atom. The maximum atomic E-state index is 9.07. The van der Waals surface area contributed by atoms with Crippen molar-refractivity contribution in [3.8, 4) is 6.07 Å². The number of nitrogens with zero attached hydrogens (tertiary/aromatic N) is 3. The molecule has 106 valence electrons. The summed E-state index contributed by atoms with van der Waals surface area (Å²) in [4.78, 5) is 4.63. The van der Waals surface area contributed by atoms with E-state index in [-0.39, 0.29) is 5.38 Å². The van der Waals surface area contributed by atoms with Crippen molar-refractivity contribution in [2.75, 3.05) is 0 Å². The summed E-state index contributed by atoms with van der Waals surface area (Å²) in [7, 11) is 0. The minimum absolute atomic E-state index is 0.137. The van der Waals surface area contributed by atoms with Crippen LogP contribution in [0.2, 0.25) is 0 Å². The summed E-state index contributed by atoms with van der Waals surface area (Å²) in [5, 5.41) is 8.94. The standard InChI is InChI=1S/C16H20ClN3/c1-4-12(5-2)10-20-15-8-13(9-18)6-7-14(15)19-16(20)11(3)17/h6-8,11-12H,4-5,10H2,1-3H3. The first-order valence-electron chi connectivity index (χ1n) is 7.15. The molecule has 0 aliphatic carbocycles. The normalized spacial score (nSPS) is 12.8. The SMILES string of the molecule is CCC(CC)Cn1c(C(C)Cl)nc2ccc(C#N)cc21. The van der Waals surface area contributed by atoms with E-state index in [4.69, 9.17) is 16.9 Å². The van der Waals surface area contributed by atoms with Crippen molar-refractivity contribution >= 4 is 22.6 Å². The molecule has 0 radical (unpaired) electrons. The van der Waals surface area contributed by atoms with Gasteiger partial charge >= 0.3 is 0 Å². The average Bonchev–Trinajstić information content (AvgIpc) is 2.82. The molecule has 1 unspecified atom stereocenters. The lowest BCUT2D eigenvalue weighted by atomic mass is 10.0. The van der Waals surface area contributed by atoms with E-state index in [1.54, 1.807) is 6.07 Å². The Labute approximate surface area is 125 Å². The van der Waals surface area contributed by atoms with Gasteiger partial charge in [-0.3, -0.25) is 0 Å². The molecule has 20 heavy (non-hydrogen) atoms. The number of nitriles is 1. The molecule has 1 aromatic carbocycles. The fraction of sp³-hybridized carbons (Fsp3) is 0.500. The van der Waals surface area contributed by atoms with Crippen molar-refractivity contribution in [3.63, 3.8) is 0 Å². The molecular weight excluding hydrogens is 270 g/mol. The molecule has 1 heterocycles. The predicted octanol–water partition coefficient (Wildman–Crippen LogP) is 4.64. The van der Waals surface area contributed by atoms with Gasteiger partial charge in [0.25, 0.3) is 0 Å². The highest BCUT2D eigenvalue weighted by molar-refractivity contribution is 6.20. The van der Waals surface area contributed by atoms with E-state index in [1.165, 1.54) is 0 Å². The van der Waals surface area contributed by atoms with Crippen LogP contribution in [0.3, 0.4) is 0 Å². The van der Waals surface area contributed by atoms with Crippen LogP contribution in [-0.4, -0.2) is 9.55 Å². The van der Waals surface area contributed by atoms with Gasteiger partial charge in [-0.1, -0.05) is 26.7 Å². The van der Waals surface area contributed by atoms with Crippen LogP contribution in [0.5, 0.6) is 0 Å².